The summed E-state index contributed by atoms with van der Waals surface area (Å²) in [6.45, 7) is 4.68. The lowest BCUT2D eigenvalue weighted by Gasteiger charge is -2.37. The molecule has 7 heteroatoms. The predicted octanol–water partition coefficient (Wildman–Crippen LogP) is 2.57. The van der Waals surface area contributed by atoms with Crippen LogP contribution in [0.25, 0.3) is 0 Å². The molecule has 1 aromatic rings. The predicted molar refractivity (Wildman–Crippen MR) is 81.4 cm³/mol. The Morgan fingerprint density at radius 3 is 3.00 bits per heavy atom. The van der Waals surface area contributed by atoms with Gasteiger partial charge in [-0.3, -0.25) is 4.79 Å². The van der Waals surface area contributed by atoms with Gasteiger partial charge in [0.05, 0.1) is 0 Å². The van der Waals surface area contributed by atoms with Crippen LogP contribution < -0.4 is 5.32 Å². The Hall–Kier alpha value is -0.660. The summed E-state index contributed by atoms with van der Waals surface area (Å²) in [6, 6.07) is 0. The largest absolute Gasteiger partial charge is 0.480 e. The first-order chi connectivity index (χ1) is 9.59. The molecule has 2 unspecified atom stereocenters. The number of carboxylic acid groups (broad SMARTS) is 1. The molecule has 20 heavy (non-hydrogen) atoms. The molecule has 5 nitrogen and oxygen atoms in total. The van der Waals surface area contributed by atoms with Crippen molar-refractivity contribution in [3.63, 3.8) is 0 Å². The molecule has 0 aromatic carbocycles. The van der Waals surface area contributed by atoms with Gasteiger partial charge in [-0.2, -0.15) is 4.37 Å². The standard InChI is InChI=1S/C13H21N3O2S2/c1-3-10-15-12(20-16-10)19-9-6-5-7-13(8-9,11(17)18)14-4-2/h9,14H,3-8H2,1-2H3,(H,17,18). The molecule has 0 bridgehead atoms. The zero-order chi connectivity index (χ0) is 14.6. The van der Waals surface area contributed by atoms with Gasteiger partial charge in [-0.25, -0.2) is 4.98 Å². The van der Waals surface area contributed by atoms with E-state index in [4.69, 9.17) is 0 Å². The Bertz CT molecular complexity index is 462. The number of hydrogen-bond donors (Lipinski definition) is 2. The molecular weight excluding hydrogens is 294 g/mol. The Morgan fingerprint density at radius 2 is 2.40 bits per heavy atom. The maximum Gasteiger partial charge on any atom is 0.323 e. The van der Waals surface area contributed by atoms with Gasteiger partial charge in [0.25, 0.3) is 0 Å². The van der Waals surface area contributed by atoms with E-state index < -0.39 is 11.5 Å². The third kappa shape index (κ3) is 3.51. The van der Waals surface area contributed by atoms with Crippen LogP contribution in [0.3, 0.4) is 0 Å². The number of rotatable bonds is 6. The van der Waals surface area contributed by atoms with Crippen LogP contribution in [0.5, 0.6) is 0 Å². The van der Waals surface area contributed by atoms with Crippen molar-refractivity contribution >= 4 is 29.3 Å². The molecule has 1 saturated carbocycles. The van der Waals surface area contributed by atoms with Crippen molar-refractivity contribution in [3.8, 4) is 0 Å². The number of aliphatic carboxylic acids is 1. The van der Waals surface area contributed by atoms with Gasteiger partial charge in [0.1, 0.15) is 11.4 Å². The van der Waals surface area contributed by atoms with E-state index in [1.165, 1.54) is 11.5 Å². The van der Waals surface area contributed by atoms with Crippen LogP contribution in [0.15, 0.2) is 4.34 Å². The number of thioether (sulfide) groups is 1. The van der Waals surface area contributed by atoms with E-state index in [2.05, 4.69) is 14.7 Å². The second kappa shape index (κ2) is 6.87. The summed E-state index contributed by atoms with van der Waals surface area (Å²) in [5.41, 5.74) is -0.761. The summed E-state index contributed by atoms with van der Waals surface area (Å²) in [4.78, 5) is 16.1. The monoisotopic (exact) mass is 315 g/mol. The van der Waals surface area contributed by atoms with Crippen molar-refractivity contribution in [2.24, 2.45) is 0 Å². The molecule has 0 radical (unpaired) electrons. The SMILES string of the molecule is CCNC1(C(=O)O)CCCC(Sc2nc(CC)ns2)C1. The molecule has 0 amide bonds. The van der Waals surface area contributed by atoms with Crippen molar-refractivity contribution in [1.29, 1.82) is 0 Å². The van der Waals surface area contributed by atoms with Crippen LogP contribution >= 0.6 is 23.3 Å². The second-order valence-corrected chi connectivity index (χ2v) is 7.38. The fourth-order valence-electron chi connectivity index (χ4n) is 2.67. The molecule has 2 rings (SSSR count). The number of hydrogen-bond acceptors (Lipinski definition) is 6. The van der Waals surface area contributed by atoms with Gasteiger partial charge in [-0.15, -0.1) is 0 Å². The molecule has 1 aliphatic rings. The molecule has 0 saturated heterocycles. The molecule has 2 atom stereocenters. The van der Waals surface area contributed by atoms with Crippen molar-refractivity contribution in [2.45, 2.75) is 61.1 Å². The molecule has 1 heterocycles. The number of likely N-dealkylation sites (N-methyl/N-ethyl adjacent to an activating group) is 1. The Balaban J connectivity index is 2.03. The zero-order valence-corrected chi connectivity index (χ0v) is 13.5. The second-order valence-electron chi connectivity index (χ2n) is 5.08. The average molecular weight is 315 g/mol. The van der Waals surface area contributed by atoms with Crippen LogP contribution in [0, 0.1) is 0 Å². The first-order valence-corrected chi connectivity index (χ1v) is 8.72. The van der Waals surface area contributed by atoms with Crippen LogP contribution in [0.2, 0.25) is 0 Å². The van der Waals surface area contributed by atoms with E-state index in [1.807, 2.05) is 13.8 Å². The van der Waals surface area contributed by atoms with E-state index >= 15 is 0 Å². The van der Waals surface area contributed by atoms with Crippen LogP contribution in [-0.4, -0.2) is 37.8 Å². The highest BCUT2D eigenvalue weighted by Crippen LogP contribution is 2.39. The first-order valence-electron chi connectivity index (χ1n) is 7.07. The van der Waals surface area contributed by atoms with Gasteiger partial charge in [-0.05, 0) is 43.8 Å². The summed E-state index contributed by atoms with van der Waals surface area (Å²) in [7, 11) is 0. The highest BCUT2D eigenvalue weighted by Gasteiger charge is 2.42. The van der Waals surface area contributed by atoms with Gasteiger partial charge in [-0.1, -0.05) is 25.6 Å². The lowest BCUT2D eigenvalue weighted by atomic mass is 9.81. The fourth-order valence-corrected chi connectivity index (χ4v) is 4.95. The zero-order valence-electron chi connectivity index (χ0n) is 11.9. The summed E-state index contributed by atoms with van der Waals surface area (Å²) in [6.07, 6.45) is 4.20. The minimum absolute atomic E-state index is 0.302. The lowest BCUT2D eigenvalue weighted by Crippen LogP contribution is -2.55. The number of carboxylic acids is 1. The third-order valence-corrected chi connectivity index (χ3v) is 5.75. The van der Waals surface area contributed by atoms with Crippen molar-refractivity contribution in [2.75, 3.05) is 6.54 Å². The third-order valence-electron chi connectivity index (χ3n) is 3.66. The molecule has 112 valence electrons. The van der Waals surface area contributed by atoms with Gasteiger partial charge >= 0.3 is 5.97 Å². The number of aryl methyl sites for hydroxylation is 1. The summed E-state index contributed by atoms with van der Waals surface area (Å²) < 4.78 is 5.25. The quantitative estimate of drug-likeness (QED) is 0.840. The minimum Gasteiger partial charge on any atom is -0.480 e. The molecule has 0 spiro atoms. The number of nitrogens with one attached hydrogen (secondary N) is 1. The summed E-state index contributed by atoms with van der Waals surface area (Å²) in [5, 5.41) is 13.0. The topological polar surface area (TPSA) is 75.1 Å². The first kappa shape index (κ1) is 15.7. The van der Waals surface area contributed by atoms with Crippen molar-refractivity contribution in [3.05, 3.63) is 5.82 Å². The van der Waals surface area contributed by atoms with Gasteiger partial charge in [0.15, 0.2) is 4.34 Å². The van der Waals surface area contributed by atoms with Gasteiger partial charge < -0.3 is 10.4 Å². The molecule has 1 fully saturated rings. The Labute approximate surface area is 127 Å². The van der Waals surface area contributed by atoms with E-state index in [1.54, 1.807) is 11.8 Å². The van der Waals surface area contributed by atoms with Gasteiger partial charge in [0, 0.05) is 11.7 Å². The van der Waals surface area contributed by atoms with E-state index in [9.17, 15) is 9.90 Å². The molecule has 1 aromatic heterocycles. The van der Waals surface area contributed by atoms with Crippen LogP contribution in [0.1, 0.15) is 45.4 Å². The van der Waals surface area contributed by atoms with Crippen LogP contribution in [0.4, 0.5) is 0 Å². The summed E-state index contributed by atoms with van der Waals surface area (Å²) in [5.74, 6) is 0.153. The average Bonchev–Trinajstić information content (AvgIpc) is 2.87. The minimum atomic E-state index is -0.761. The highest BCUT2D eigenvalue weighted by atomic mass is 32.2. The smallest absolute Gasteiger partial charge is 0.323 e. The number of carbonyl (C=O) groups is 1. The van der Waals surface area contributed by atoms with Crippen molar-refractivity contribution < 1.29 is 9.90 Å². The van der Waals surface area contributed by atoms with E-state index in [-0.39, 0.29) is 0 Å². The highest BCUT2D eigenvalue weighted by molar-refractivity contribution is 8.01. The normalized spacial score (nSPS) is 26.6. The lowest BCUT2D eigenvalue weighted by molar-refractivity contribution is -0.146. The molecule has 1 aliphatic carbocycles. The number of nitrogens with zero attached hydrogens (tertiary/aromatic N) is 2. The Morgan fingerprint density at radius 1 is 1.60 bits per heavy atom. The van der Waals surface area contributed by atoms with Crippen molar-refractivity contribution in [1.82, 2.24) is 14.7 Å². The molecular formula is C13H21N3O2S2. The summed E-state index contributed by atoms with van der Waals surface area (Å²) >= 11 is 3.11. The number of aromatic nitrogens is 2. The van der Waals surface area contributed by atoms with Gasteiger partial charge in [0.2, 0.25) is 0 Å². The van der Waals surface area contributed by atoms with E-state index in [0.717, 1.165) is 29.4 Å². The molecule has 2 N–H and O–H groups in total. The maximum atomic E-state index is 11.6. The van der Waals surface area contributed by atoms with Crippen LogP contribution in [-0.2, 0) is 11.2 Å². The Kier molecular flexibility index (Phi) is 5.40. The maximum absolute atomic E-state index is 11.6. The molecule has 0 aliphatic heterocycles. The van der Waals surface area contributed by atoms with E-state index in [0.29, 0.717) is 24.6 Å². The fraction of sp³-hybridized carbons (Fsp3) is 0.769.